The van der Waals surface area contributed by atoms with Gasteiger partial charge in [0.25, 0.3) is 0 Å². The quantitative estimate of drug-likeness (QED) is 0.901. The normalized spacial score (nSPS) is 10.4. The molecule has 0 saturated heterocycles. The SMILES string of the molecule is Cc1cccc(Oc2ncc(CO)c(C)n2)c1C. The van der Waals surface area contributed by atoms with Crippen molar-refractivity contribution < 1.29 is 9.84 Å². The average Bonchev–Trinajstić information content (AvgIpc) is 2.35. The maximum Gasteiger partial charge on any atom is 0.322 e. The number of aliphatic hydroxyl groups is 1. The largest absolute Gasteiger partial charge is 0.424 e. The average molecular weight is 244 g/mol. The summed E-state index contributed by atoms with van der Waals surface area (Å²) in [5.41, 5.74) is 3.68. The molecule has 1 N–H and O–H groups in total. The third kappa shape index (κ3) is 2.49. The fraction of sp³-hybridized carbons (Fsp3) is 0.286. The van der Waals surface area contributed by atoms with Crippen molar-refractivity contribution in [2.45, 2.75) is 27.4 Å². The lowest BCUT2D eigenvalue weighted by atomic mass is 10.1. The third-order valence-electron chi connectivity index (χ3n) is 2.99. The summed E-state index contributed by atoms with van der Waals surface area (Å²) in [7, 11) is 0. The minimum absolute atomic E-state index is 0.0599. The van der Waals surface area contributed by atoms with Crippen LogP contribution < -0.4 is 4.74 Å². The first kappa shape index (κ1) is 12.5. The van der Waals surface area contributed by atoms with Crippen LogP contribution in [0, 0.1) is 20.8 Å². The summed E-state index contributed by atoms with van der Waals surface area (Å²) >= 11 is 0. The third-order valence-corrected chi connectivity index (χ3v) is 2.99. The first-order valence-corrected chi connectivity index (χ1v) is 5.79. The predicted molar refractivity (Wildman–Crippen MR) is 68.7 cm³/mol. The van der Waals surface area contributed by atoms with Crippen molar-refractivity contribution in [3.63, 3.8) is 0 Å². The monoisotopic (exact) mass is 244 g/mol. The molecule has 18 heavy (non-hydrogen) atoms. The number of ether oxygens (including phenoxy) is 1. The Morgan fingerprint density at radius 1 is 1.22 bits per heavy atom. The molecule has 0 atom stereocenters. The molecule has 0 radical (unpaired) electrons. The molecule has 2 rings (SSSR count). The van der Waals surface area contributed by atoms with Gasteiger partial charge in [-0.15, -0.1) is 0 Å². The molecule has 94 valence electrons. The summed E-state index contributed by atoms with van der Waals surface area (Å²) in [6.45, 7) is 5.79. The zero-order valence-electron chi connectivity index (χ0n) is 10.8. The Morgan fingerprint density at radius 2 is 2.00 bits per heavy atom. The van der Waals surface area contributed by atoms with Gasteiger partial charge >= 0.3 is 6.01 Å². The van der Waals surface area contributed by atoms with E-state index < -0.39 is 0 Å². The van der Waals surface area contributed by atoms with Gasteiger partial charge in [-0.05, 0) is 38.0 Å². The Kier molecular flexibility index (Phi) is 3.58. The van der Waals surface area contributed by atoms with Crippen LogP contribution in [-0.4, -0.2) is 15.1 Å². The van der Waals surface area contributed by atoms with Crippen LogP contribution in [0.15, 0.2) is 24.4 Å². The molecule has 0 fully saturated rings. The fourth-order valence-electron chi connectivity index (χ4n) is 1.61. The summed E-state index contributed by atoms with van der Waals surface area (Å²) < 4.78 is 5.67. The van der Waals surface area contributed by atoms with E-state index in [0.29, 0.717) is 11.6 Å². The van der Waals surface area contributed by atoms with Crippen LogP contribution in [0.3, 0.4) is 0 Å². The van der Waals surface area contributed by atoms with Crippen LogP contribution in [0.2, 0.25) is 0 Å². The first-order valence-electron chi connectivity index (χ1n) is 5.79. The second kappa shape index (κ2) is 5.14. The maximum atomic E-state index is 9.06. The Labute approximate surface area is 106 Å². The van der Waals surface area contributed by atoms with Crippen molar-refractivity contribution in [3.8, 4) is 11.8 Å². The summed E-state index contributed by atoms with van der Waals surface area (Å²) in [5.74, 6) is 0.756. The lowest BCUT2D eigenvalue weighted by molar-refractivity contribution is 0.279. The smallest absolute Gasteiger partial charge is 0.322 e. The van der Waals surface area contributed by atoms with Crippen LogP contribution in [0.5, 0.6) is 11.8 Å². The summed E-state index contributed by atoms with van der Waals surface area (Å²) in [6, 6.07) is 6.16. The lowest BCUT2D eigenvalue weighted by Crippen LogP contribution is -1.99. The number of rotatable bonds is 3. The second-order valence-electron chi connectivity index (χ2n) is 4.22. The van der Waals surface area contributed by atoms with Crippen LogP contribution in [0.1, 0.15) is 22.4 Å². The zero-order chi connectivity index (χ0) is 13.1. The summed E-state index contributed by atoms with van der Waals surface area (Å²) in [6.07, 6.45) is 1.59. The highest BCUT2D eigenvalue weighted by Gasteiger charge is 2.07. The highest BCUT2D eigenvalue weighted by atomic mass is 16.5. The van der Waals surface area contributed by atoms with E-state index in [1.54, 1.807) is 6.20 Å². The van der Waals surface area contributed by atoms with Crippen molar-refractivity contribution in [1.29, 1.82) is 0 Å². The molecular formula is C14H16N2O2. The summed E-state index contributed by atoms with van der Waals surface area (Å²) in [4.78, 5) is 8.30. The van der Waals surface area contributed by atoms with Crippen LogP contribution in [0.4, 0.5) is 0 Å². The molecule has 1 heterocycles. The molecular weight excluding hydrogens is 228 g/mol. The van der Waals surface area contributed by atoms with Gasteiger partial charge in [-0.25, -0.2) is 4.98 Å². The summed E-state index contributed by atoms with van der Waals surface area (Å²) in [5, 5.41) is 9.06. The highest BCUT2D eigenvalue weighted by molar-refractivity contribution is 5.39. The molecule has 0 unspecified atom stereocenters. The van der Waals surface area contributed by atoms with Crippen molar-refractivity contribution in [1.82, 2.24) is 9.97 Å². The first-order chi connectivity index (χ1) is 8.61. The molecule has 4 nitrogen and oxygen atoms in total. The van der Waals surface area contributed by atoms with Crippen molar-refractivity contribution in [3.05, 3.63) is 46.8 Å². The molecule has 0 aliphatic rings. The minimum Gasteiger partial charge on any atom is -0.424 e. The molecule has 1 aromatic heterocycles. The van der Waals surface area contributed by atoms with Gasteiger partial charge in [0, 0.05) is 11.8 Å². The molecule has 0 aliphatic heterocycles. The van der Waals surface area contributed by atoms with Gasteiger partial charge in [-0.3, -0.25) is 0 Å². The highest BCUT2D eigenvalue weighted by Crippen LogP contribution is 2.24. The number of nitrogens with zero attached hydrogens (tertiary/aromatic N) is 2. The van der Waals surface area contributed by atoms with E-state index in [9.17, 15) is 0 Å². The van der Waals surface area contributed by atoms with E-state index in [2.05, 4.69) is 9.97 Å². The molecule has 0 aliphatic carbocycles. The maximum absolute atomic E-state index is 9.06. The van der Waals surface area contributed by atoms with Crippen LogP contribution >= 0.6 is 0 Å². The zero-order valence-corrected chi connectivity index (χ0v) is 10.8. The van der Waals surface area contributed by atoms with E-state index in [4.69, 9.17) is 9.84 Å². The van der Waals surface area contributed by atoms with Gasteiger partial charge in [0.15, 0.2) is 0 Å². The van der Waals surface area contributed by atoms with Gasteiger partial charge in [0.2, 0.25) is 0 Å². The molecule has 4 heteroatoms. The van der Waals surface area contributed by atoms with Gasteiger partial charge in [-0.2, -0.15) is 4.98 Å². The van der Waals surface area contributed by atoms with Gasteiger partial charge < -0.3 is 9.84 Å². The Bertz CT molecular complexity index is 568. The van der Waals surface area contributed by atoms with Crippen LogP contribution in [-0.2, 0) is 6.61 Å². The fourth-order valence-corrected chi connectivity index (χ4v) is 1.61. The number of benzene rings is 1. The van der Waals surface area contributed by atoms with Crippen molar-refractivity contribution in [2.75, 3.05) is 0 Å². The van der Waals surface area contributed by atoms with E-state index in [1.165, 1.54) is 0 Å². The lowest BCUT2D eigenvalue weighted by Gasteiger charge is -2.10. The van der Waals surface area contributed by atoms with Crippen LogP contribution in [0.25, 0.3) is 0 Å². The minimum atomic E-state index is -0.0599. The van der Waals surface area contributed by atoms with Crippen molar-refractivity contribution >= 4 is 0 Å². The molecule has 0 amide bonds. The Hall–Kier alpha value is -1.94. The number of aliphatic hydroxyl groups excluding tert-OH is 1. The van der Waals surface area contributed by atoms with E-state index >= 15 is 0 Å². The Balaban J connectivity index is 2.29. The van der Waals surface area contributed by atoms with Gasteiger partial charge in [-0.1, -0.05) is 12.1 Å². The molecule has 1 aromatic carbocycles. The molecule has 0 spiro atoms. The number of hydrogen-bond donors (Lipinski definition) is 1. The van der Waals surface area contributed by atoms with Gasteiger partial charge in [0.05, 0.1) is 12.3 Å². The van der Waals surface area contributed by atoms with E-state index in [1.807, 2.05) is 39.0 Å². The van der Waals surface area contributed by atoms with E-state index in [0.717, 1.165) is 22.6 Å². The number of hydrogen-bond acceptors (Lipinski definition) is 4. The Morgan fingerprint density at radius 3 is 2.67 bits per heavy atom. The van der Waals surface area contributed by atoms with Crippen molar-refractivity contribution in [2.24, 2.45) is 0 Å². The topological polar surface area (TPSA) is 55.2 Å². The second-order valence-corrected chi connectivity index (χ2v) is 4.22. The molecule has 0 bridgehead atoms. The number of aryl methyl sites for hydroxylation is 2. The standard InChI is InChI=1S/C14H16N2O2/c1-9-5-4-6-13(10(9)2)18-14-15-7-12(8-17)11(3)16-14/h4-7,17H,8H2,1-3H3. The predicted octanol–water partition coefficient (Wildman–Crippen LogP) is 2.69. The molecule has 2 aromatic rings. The molecule has 0 saturated carbocycles. The van der Waals surface area contributed by atoms with E-state index in [-0.39, 0.29) is 6.61 Å². The number of aromatic nitrogens is 2. The van der Waals surface area contributed by atoms with Gasteiger partial charge in [0.1, 0.15) is 5.75 Å².